The van der Waals surface area contributed by atoms with E-state index in [0.717, 1.165) is 43.4 Å². The number of anilines is 1. The molecule has 1 saturated heterocycles. The van der Waals surface area contributed by atoms with Crippen molar-refractivity contribution in [2.45, 2.75) is 82.5 Å². The minimum atomic E-state index is -3.87. The number of carbonyl (C=O) groups excluding carboxylic acids is 2. The third-order valence-electron chi connectivity index (χ3n) is 6.19. The summed E-state index contributed by atoms with van der Waals surface area (Å²) in [5.74, 6) is 0.521. The molecule has 1 aliphatic rings. The lowest BCUT2D eigenvalue weighted by Gasteiger charge is -2.33. The number of thiophene rings is 1. The molecule has 9 nitrogen and oxygen atoms in total. The minimum absolute atomic E-state index is 0.114. The fraction of sp³-hybridized carbons (Fsp3) is 0.571. The second kappa shape index (κ2) is 14.0. The highest BCUT2D eigenvalue weighted by Crippen LogP contribution is 2.37. The fourth-order valence-electron chi connectivity index (χ4n) is 4.24. The number of benzene rings is 1. The van der Waals surface area contributed by atoms with Gasteiger partial charge in [-0.3, -0.25) is 9.52 Å². The van der Waals surface area contributed by atoms with Gasteiger partial charge in [-0.15, -0.1) is 11.3 Å². The first kappa shape index (κ1) is 30.7. The molecule has 11 heteroatoms. The number of nitrogens with zero attached hydrogens (tertiary/aromatic N) is 1. The van der Waals surface area contributed by atoms with Crippen molar-refractivity contribution >= 4 is 39.1 Å². The molecule has 0 spiro atoms. The molecule has 1 aromatic heterocycles. The Hall–Kier alpha value is -2.79. The molecule has 0 unspecified atom stereocenters. The highest BCUT2D eigenvalue weighted by atomic mass is 32.2. The summed E-state index contributed by atoms with van der Waals surface area (Å²) in [5.41, 5.74) is -0.376. The molecule has 1 N–H and O–H groups in total. The van der Waals surface area contributed by atoms with Gasteiger partial charge in [0.2, 0.25) is 0 Å². The van der Waals surface area contributed by atoms with Gasteiger partial charge in [0.05, 0.1) is 6.61 Å². The SMILES string of the molecule is CCCC(=O)Oc1cccc(OCCCCC2CCN(C(=O)OC(C)(C)C)CC2)c1NS(=O)(=O)c1cccs1. The summed E-state index contributed by atoms with van der Waals surface area (Å²) in [6, 6.07) is 8.06. The monoisotopic (exact) mass is 580 g/mol. The number of nitrogens with one attached hydrogen (secondary N) is 1. The smallest absolute Gasteiger partial charge is 0.410 e. The number of hydrogen-bond donors (Lipinski definition) is 1. The van der Waals surface area contributed by atoms with Crippen LogP contribution in [0.15, 0.2) is 39.9 Å². The number of rotatable bonds is 12. The molecule has 39 heavy (non-hydrogen) atoms. The molecule has 0 aliphatic carbocycles. The molecule has 0 radical (unpaired) electrons. The van der Waals surface area contributed by atoms with E-state index in [4.69, 9.17) is 14.2 Å². The first-order chi connectivity index (χ1) is 18.5. The van der Waals surface area contributed by atoms with Gasteiger partial charge in [0, 0.05) is 19.5 Å². The Bertz CT molecular complexity index is 1180. The largest absolute Gasteiger partial charge is 0.491 e. The number of amides is 1. The summed E-state index contributed by atoms with van der Waals surface area (Å²) in [4.78, 5) is 26.2. The van der Waals surface area contributed by atoms with Crippen LogP contribution in [0.2, 0.25) is 0 Å². The molecule has 0 bridgehead atoms. The lowest BCUT2D eigenvalue weighted by atomic mass is 9.92. The Morgan fingerprint density at radius 1 is 1.08 bits per heavy atom. The highest BCUT2D eigenvalue weighted by molar-refractivity contribution is 7.94. The maximum absolute atomic E-state index is 12.9. The van der Waals surface area contributed by atoms with E-state index >= 15 is 0 Å². The number of para-hydroxylation sites is 1. The average Bonchev–Trinajstić information content (AvgIpc) is 3.41. The van der Waals surface area contributed by atoms with Crippen LogP contribution in [0.4, 0.5) is 10.5 Å². The summed E-state index contributed by atoms with van der Waals surface area (Å²) in [6.45, 7) is 9.27. The van der Waals surface area contributed by atoms with Crippen LogP contribution >= 0.6 is 11.3 Å². The molecule has 1 aliphatic heterocycles. The van der Waals surface area contributed by atoms with Crippen LogP contribution in [0.25, 0.3) is 0 Å². The molecule has 1 aromatic carbocycles. The number of carbonyl (C=O) groups is 2. The van der Waals surface area contributed by atoms with E-state index in [-0.39, 0.29) is 28.2 Å². The number of hydrogen-bond acceptors (Lipinski definition) is 8. The van der Waals surface area contributed by atoms with E-state index < -0.39 is 21.6 Å². The average molecular weight is 581 g/mol. The molecular weight excluding hydrogens is 540 g/mol. The zero-order valence-corrected chi connectivity index (χ0v) is 24.9. The second-order valence-corrected chi connectivity index (χ2v) is 13.5. The van der Waals surface area contributed by atoms with Crippen LogP contribution in [0.1, 0.15) is 72.6 Å². The Labute approximate surface area is 235 Å². The molecule has 3 rings (SSSR count). The molecule has 0 saturated carbocycles. The Morgan fingerprint density at radius 2 is 1.79 bits per heavy atom. The third-order valence-corrected chi connectivity index (χ3v) is 8.94. The predicted octanol–water partition coefficient (Wildman–Crippen LogP) is 6.45. The molecule has 216 valence electrons. The van der Waals surface area contributed by atoms with Crippen LogP contribution in [-0.4, -0.2) is 50.7 Å². The second-order valence-electron chi connectivity index (χ2n) is 10.6. The fourth-order valence-corrected chi connectivity index (χ4v) is 6.32. The lowest BCUT2D eigenvalue weighted by Crippen LogP contribution is -2.41. The van der Waals surface area contributed by atoms with Crippen molar-refractivity contribution in [2.24, 2.45) is 5.92 Å². The van der Waals surface area contributed by atoms with Gasteiger partial charge in [0.1, 0.15) is 21.2 Å². The van der Waals surface area contributed by atoms with Gasteiger partial charge in [0.15, 0.2) is 5.75 Å². The molecule has 2 heterocycles. The number of piperidine rings is 1. The normalized spacial score (nSPS) is 14.6. The summed E-state index contributed by atoms with van der Waals surface area (Å²) < 4.78 is 45.5. The minimum Gasteiger partial charge on any atom is -0.491 e. The summed E-state index contributed by atoms with van der Waals surface area (Å²) in [7, 11) is -3.87. The number of esters is 1. The summed E-state index contributed by atoms with van der Waals surface area (Å²) >= 11 is 1.10. The molecule has 0 atom stereocenters. The predicted molar refractivity (Wildman–Crippen MR) is 152 cm³/mol. The summed E-state index contributed by atoms with van der Waals surface area (Å²) in [5, 5.41) is 1.68. The molecular formula is C28H40N2O7S2. The topological polar surface area (TPSA) is 111 Å². The van der Waals surface area contributed by atoms with Crippen molar-refractivity contribution in [1.29, 1.82) is 0 Å². The zero-order valence-electron chi connectivity index (χ0n) is 23.2. The van der Waals surface area contributed by atoms with Crippen molar-refractivity contribution in [3.05, 3.63) is 35.7 Å². The van der Waals surface area contributed by atoms with E-state index in [1.54, 1.807) is 34.5 Å². The van der Waals surface area contributed by atoms with Crippen molar-refractivity contribution in [3.63, 3.8) is 0 Å². The van der Waals surface area contributed by atoms with Crippen LogP contribution in [0, 0.1) is 5.92 Å². The first-order valence-corrected chi connectivity index (χ1v) is 15.9. The highest BCUT2D eigenvalue weighted by Gasteiger charge is 2.27. The zero-order chi connectivity index (χ0) is 28.5. The lowest BCUT2D eigenvalue weighted by molar-refractivity contribution is -0.134. The standard InChI is InChI=1S/C28H40N2O7S2/c1-5-10-24(31)36-23-13-8-12-22(26(23)29-39(33,34)25-14-9-20-38-25)35-19-7-6-11-21-15-17-30(18-16-21)27(32)37-28(2,3)4/h8-9,12-14,20-21,29H,5-7,10-11,15-19H2,1-4H3. The van der Waals surface area contributed by atoms with Crippen LogP contribution < -0.4 is 14.2 Å². The third kappa shape index (κ3) is 9.72. The van der Waals surface area contributed by atoms with Crippen LogP contribution in [0.3, 0.4) is 0 Å². The number of likely N-dealkylation sites (tertiary alicyclic amines) is 1. The van der Waals surface area contributed by atoms with Gasteiger partial charge in [-0.05, 0) is 82.4 Å². The van der Waals surface area contributed by atoms with Gasteiger partial charge in [-0.25, -0.2) is 13.2 Å². The van der Waals surface area contributed by atoms with E-state index in [1.165, 1.54) is 6.07 Å². The summed E-state index contributed by atoms with van der Waals surface area (Å²) in [6.07, 6.45) is 5.23. The van der Waals surface area contributed by atoms with Gasteiger partial charge >= 0.3 is 12.1 Å². The Morgan fingerprint density at radius 3 is 2.44 bits per heavy atom. The quantitative estimate of drug-likeness (QED) is 0.174. The van der Waals surface area contributed by atoms with Gasteiger partial charge in [-0.2, -0.15) is 0 Å². The first-order valence-electron chi connectivity index (χ1n) is 13.5. The Balaban J connectivity index is 1.54. The molecule has 1 fully saturated rings. The molecule has 1 amide bonds. The van der Waals surface area contributed by atoms with Crippen molar-refractivity contribution in [3.8, 4) is 11.5 Å². The maximum atomic E-state index is 12.9. The van der Waals surface area contributed by atoms with Crippen molar-refractivity contribution in [2.75, 3.05) is 24.4 Å². The van der Waals surface area contributed by atoms with Gasteiger partial charge < -0.3 is 19.1 Å². The van der Waals surface area contributed by atoms with E-state index in [9.17, 15) is 18.0 Å². The van der Waals surface area contributed by atoms with E-state index in [1.807, 2.05) is 27.7 Å². The van der Waals surface area contributed by atoms with Gasteiger partial charge in [-0.1, -0.05) is 25.5 Å². The number of ether oxygens (including phenoxy) is 3. The Kier molecular flexibility index (Phi) is 11.1. The number of sulfonamides is 1. The van der Waals surface area contributed by atoms with Crippen LogP contribution in [0.5, 0.6) is 11.5 Å². The van der Waals surface area contributed by atoms with Crippen LogP contribution in [-0.2, 0) is 19.6 Å². The van der Waals surface area contributed by atoms with Gasteiger partial charge in [0.25, 0.3) is 10.0 Å². The van der Waals surface area contributed by atoms with E-state index in [0.29, 0.717) is 37.8 Å². The number of unbranched alkanes of at least 4 members (excludes halogenated alkanes) is 1. The molecule has 2 aromatic rings. The maximum Gasteiger partial charge on any atom is 0.410 e. The van der Waals surface area contributed by atoms with Crippen molar-refractivity contribution < 1.29 is 32.2 Å². The van der Waals surface area contributed by atoms with E-state index in [2.05, 4.69) is 4.72 Å². The van der Waals surface area contributed by atoms with Crippen molar-refractivity contribution in [1.82, 2.24) is 4.90 Å².